The highest BCUT2D eigenvalue weighted by Crippen LogP contribution is 2.32. The Morgan fingerprint density at radius 2 is 1.54 bits per heavy atom. The van der Waals surface area contributed by atoms with E-state index >= 15 is 0 Å². The maximum absolute atomic E-state index is 13.7. The second kappa shape index (κ2) is 18.4. The number of nitrogens with one attached hydrogen (secondary N) is 5. The zero-order valence-electron chi connectivity index (χ0n) is 30.4. The van der Waals surface area contributed by atoms with Crippen LogP contribution in [0.2, 0.25) is 0 Å². The lowest BCUT2D eigenvalue weighted by atomic mass is 9.83. The first kappa shape index (κ1) is 39.7. The van der Waals surface area contributed by atoms with Crippen LogP contribution in [0.4, 0.5) is 5.69 Å². The largest absolute Gasteiger partial charge is 0.384 e. The monoisotopic (exact) mass is 717 g/mol. The fraction of sp³-hybridized carbons (Fsp3) is 0.500. The minimum absolute atomic E-state index is 0.0481. The number of carbonyl (C=O) groups excluding carboxylic acids is 7. The maximum atomic E-state index is 13.7. The van der Waals surface area contributed by atoms with Crippen LogP contribution in [0.3, 0.4) is 0 Å². The van der Waals surface area contributed by atoms with Gasteiger partial charge < -0.3 is 37.2 Å². The molecule has 7 N–H and O–H groups in total. The van der Waals surface area contributed by atoms with Crippen LogP contribution >= 0.6 is 0 Å². The molecule has 0 unspecified atom stereocenters. The van der Waals surface area contributed by atoms with E-state index in [2.05, 4.69) is 26.6 Å². The van der Waals surface area contributed by atoms with E-state index in [4.69, 9.17) is 5.73 Å². The molecule has 1 heterocycles. The van der Waals surface area contributed by atoms with Crippen molar-refractivity contribution in [3.63, 3.8) is 0 Å². The summed E-state index contributed by atoms with van der Waals surface area (Å²) in [6.07, 6.45) is 2.94. The first-order valence-electron chi connectivity index (χ1n) is 18.1. The first-order valence-corrected chi connectivity index (χ1v) is 18.1. The lowest BCUT2D eigenvalue weighted by Crippen LogP contribution is -2.56. The number of fused-ring (bicyclic) bond motifs is 2. The number of hydrogen-bond donors (Lipinski definition) is 6. The van der Waals surface area contributed by atoms with Crippen molar-refractivity contribution in [3.8, 4) is 0 Å². The third-order valence-corrected chi connectivity index (χ3v) is 9.15. The predicted molar refractivity (Wildman–Crippen MR) is 195 cm³/mol. The summed E-state index contributed by atoms with van der Waals surface area (Å²) in [5.41, 5.74) is 7.62. The molecule has 14 nitrogen and oxygen atoms in total. The Morgan fingerprint density at radius 1 is 0.846 bits per heavy atom. The SMILES string of the molecule is CCC[C@H](NC(=O)[C@H](C)N)C(=O)NCC(=O)N[C@@H](CC(C)C)C(=O)N1CCC[C@H]1C(=O)NCCCNc1cccc2c1C(=O)c1ccccc1C2=O. The lowest BCUT2D eigenvalue weighted by molar-refractivity contribution is -0.141. The van der Waals surface area contributed by atoms with E-state index < -0.39 is 48.4 Å². The Kier molecular flexibility index (Phi) is 14.0. The molecule has 4 atom stereocenters. The van der Waals surface area contributed by atoms with Crippen LogP contribution in [0, 0.1) is 5.92 Å². The molecule has 0 saturated carbocycles. The van der Waals surface area contributed by atoms with Crippen molar-refractivity contribution < 1.29 is 33.6 Å². The number of anilines is 1. The summed E-state index contributed by atoms with van der Waals surface area (Å²) in [5, 5.41) is 14.0. The third kappa shape index (κ3) is 9.81. The molecule has 0 radical (unpaired) electrons. The predicted octanol–water partition coefficient (Wildman–Crippen LogP) is 1.65. The molecular weight excluding hydrogens is 666 g/mol. The van der Waals surface area contributed by atoms with Gasteiger partial charge in [0.15, 0.2) is 11.6 Å². The second-order valence-electron chi connectivity index (χ2n) is 13.8. The minimum atomic E-state index is -0.899. The van der Waals surface area contributed by atoms with Crippen molar-refractivity contribution in [3.05, 3.63) is 64.7 Å². The molecule has 1 aliphatic heterocycles. The molecule has 2 aliphatic rings. The van der Waals surface area contributed by atoms with Crippen molar-refractivity contribution in [2.45, 2.75) is 90.4 Å². The Balaban J connectivity index is 1.28. The Morgan fingerprint density at radius 3 is 2.21 bits per heavy atom. The number of benzene rings is 2. The highest BCUT2D eigenvalue weighted by Gasteiger charge is 2.38. The van der Waals surface area contributed by atoms with E-state index in [0.29, 0.717) is 86.1 Å². The Labute approximate surface area is 304 Å². The molecule has 2 aromatic rings. The van der Waals surface area contributed by atoms with Gasteiger partial charge in [-0.15, -0.1) is 0 Å². The molecule has 14 heteroatoms. The molecule has 2 aromatic carbocycles. The summed E-state index contributed by atoms with van der Waals surface area (Å²) in [7, 11) is 0. The highest BCUT2D eigenvalue weighted by molar-refractivity contribution is 6.30. The molecule has 1 aliphatic carbocycles. The van der Waals surface area contributed by atoms with E-state index in [1.165, 1.54) is 11.8 Å². The number of ketones is 2. The number of amides is 5. The zero-order chi connectivity index (χ0) is 37.9. The quantitative estimate of drug-likeness (QED) is 0.112. The van der Waals surface area contributed by atoms with Gasteiger partial charge in [-0.25, -0.2) is 0 Å². The number of rotatable bonds is 17. The number of carbonyl (C=O) groups is 7. The number of likely N-dealkylation sites (tertiary alicyclic amines) is 1. The topological polar surface area (TPSA) is 209 Å². The molecule has 0 aromatic heterocycles. The maximum Gasteiger partial charge on any atom is 0.245 e. The van der Waals surface area contributed by atoms with Crippen LogP contribution in [0.1, 0.15) is 98.1 Å². The van der Waals surface area contributed by atoms with Crippen molar-refractivity contribution in [2.24, 2.45) is 11.7 Å². The molecule has 0 bridgehead atoms. The van der Waals surface area contributed by atoms with Crippen LogP contribution in [-0.4, -0.2) is 96.3 Å². The lowest BCUT2D eigenvalue weighted by Gasteiger charge is -2.29. The molecule has 280 valence electrons. The van der Waals surface area contributed by atoms with E-state index in [1.807, 2.05) is 20.8 Å². The molecule has 0 spiro atoms. The van der Waals surface area contributed by atoms with E-state index in [-0.39, 0.29) is 29.3 Å². The fourth-order valence-corrected chi connectivity index (χ4v) is 6.53. The minimum Gasteiger partial charge on any atom is -0.384 e. The van der Waals surface area contributed by atoms with Gasteiger partial charge in [0, 0.05) is 42.0 Å². The molecule has 52 heavy (non-hydrogen) atoms. The van der Waals surface area contributed by atoms with Crippen molar-refractivity contribution in [2.75, 3.05) is 31.5 Å². The van der Waals surface area contributed by atoms with Gasteiger partial charge in [-0.05, 0) is 51.0 Å². The molecular formula is C38H51N7O7. The van der Waals surface area contributed by atoms with E-state index in [0.717, 1.165) is 0 Å². The van der Waals surface area contributed by atoms with Gasteiger partial charge in [0.2, 0.25) is 29.5 Å². The summed E-state index contributed by atoms with van der Waals surface area (Å²) in [5.74, 6) is -2.59. The summed E-state index contributed by atoms with van der Waals surface area (Å²) >= 11 is 0. The summed E-state index contributed by atoms with van der Waals surface area (Å²) in [6.45, 7) is 7.92. The van der Waals surface area contributed by atoms with Gasteiger partial charge in [0.25, 0.3) is 0 Å². The van der Waals surface area contributed by atoms with Gasteiger partial charge in [0.05, 0.1) is 18.2 Å². The van der Waals surface area contributed by atoms with Crippen LogP contribution in [-0.2, 0) is 24.0 Å². The molecule has 1 fully saturated rings. The van der Waals surface area contributed by atoms with Gasteiger partial charge in [-0.3, -0.25) is 33.6 Å². The highest BCUT2D eigenvalue weighted by atomic mass is 16.2. The normalized spacial score (nSPS) is 16.7. The average Bonchev–Trinajstić information content (AvgIpc) is 3.62. The summed E-state index contributed by atoms with van der Waals surface area (Å²) in [6, 6.07) is 8.67. The molecule has 4 rings (SSSR count). The third-order valence-electron chi connectivity index (χ3n) is 9.15. The van der Waals surface area contributed by atoms with Gasteiger partial charge in [0.1, 0.15) is 18.1 Å². The Bertz CT molecular complexity index is 1670. The first-order chi connectivity index (χ1) is 24.8. The van der Waals surface area contributed by atoms with Crippen molar-refractivity contribution in [1.29, 1.82) is 0 Å². The van der Waals surface area contributed by atoms with Crippen LogP contribution in [0.5, 0.6) is 0 Å². The number of hydrogen-bond acceptors (Lipinski definition) is 9. The van der Waals surface area contributed by atoms with E-state index in [9.17, 15) is 33.6 Å². The summed E-state index contributed by atoms with van der Waals surface area (Å²) < 4.78 is 0. The van der Waals surface area contributed by atoms with Gasteiger partial charge in [-0.1, -0.05) is 63.6 Å². The smallest absolute Gasteiger partial charge is 0.245 e. The van der Waals surface area contributed by atoms with Gasteiger partial charge >= 0.3 is 0 Å². The number of nitrogens with zero attached hydrogens (tertiary/aromatic N) is 1. The zero-order valence-corrected chi connectivity index (χ0v) is 30.4. The van der Waals surface area contributed by atoms with Gasteiger partial charge in [-0.2, -0.15) is 0 Å². The second-order valence-corrected chi connectivity index (χ2v) is 13.8. The fourth-order valence-electron chi connectivity index (χ4n) is 6.53. The number of nitrogens with two attached hydrogens (primary N) is 1. The Hall–Kier alpha value is -5.11. The summed E-state index contributed by atoms with van der Waals surface area (Å²) in [4.78, 5) is 92.6. The standard InChI is InChI=1S/C38H51N7O7/c1-5-11-28(44-35(49)23(4)39)36(50)42-21-31(46)43-29(20-22(2)3)38(52)45-19-9-16-30(45)37(51)41-18-10-17-40-27-15-8-14-26-32(27)34(48)25-13-7-6-12-24(25)33(26)47/h6-8,12-15,22-23,28-30,40H,5,9-11,16-21,39H2,1-4H3,(H,41,51)(H,42,50)(H,43,46)(H,44,49)/t23-,28-,29-,30-/m0/s1. The molecule has 5 amide bonds. The van der Waals surface area contributed by atoms with Crippen LogP contribution in [0.15, 0.2) is 42.5 Å². The van der Waals surface area contributed by atoms with Crippen LogP contribution in [0.25, 0.3) is 0 Å². The van der Waals surface area contributed by atoms with Crippen LogP contribution < -0.4 is 32.3 Å². The van der Waals surface area contributed by atoms with E-state index in [1.54, 1.807) is 42.5 Å². The molecule has 1 saturated heterocycles. The van der Waals surface area contributed by atoms with Crippen molar-refractivity contribution in [1.82, 2.24) is 26.2 Å². The van der Waals surface area contributed by atoms with Crippen molar-refractivity contribution >= 4 is 46.8 Å². The average molecular weight is 718 g/mol.